The number of hydrogen-bond acceptors (Lipinski definition) is 12. The molecule has 0 aliphatic carbocycles. The lowest BCUT2D eigenvalue weighted by atomic mass is 10.00. The lowest BCUT2D eigenvalue weighted by Crippen LogP contribution is -2.44. The van der Waals surface area contributed by atoms with E-state index in [4.69, 9.17) is 24.5 Å². The van der Waals surface area contributed by atoms with Crippen molar-refractivity contribution in [3.8, 4) is 39.4 Å². The predicted molar refractivity (Wildman–Crippen MR) is 161 cm³/mol. The van der Waals surface area contributed by atoms with Gasteiger partial charge in [0.25, 0.3) is 5.89 Å². The molecule has 0 fully saturated rings. The van der Waals surface area contributed by atoms with Crippen molar-refractivity contribution < 1.29 is 28.3 Å². The van der Waals surface area contributed by atoms with Crippen molar-refractivity contribution in [2.45, 2.75) is 39.7 Å². The number of nitrogens with one attached hydrogen (secondary N) is 3. The molecule has 0 aliphatic rings. The molecule has 4 rings (SSSR count). The third-order valence-corrected chi connectivity index (χ3v) is 7.04. The Kier molecular flexibility index (Phi) is 8.85. The number of aryl methyl sites for hydroxylation is 1. The fraction of sp³-hybridized carbons (Fsp3) is 0.321. The average Bonchev–Trinajstić information content (AvgIpc) is 3.54. The molecule has 0 saturated heterocycles. The Labute approximate surface area is 246 Å². The second kappa shape index (κ2) is 12.3. The minimum Gasteiger partial charge on any atom is -0.493 e. The van der Waals surface area contributed by atoms with Crippen LogP contribution in [0, 0.1) is 6.92 Å². The van der Waals surface area contributed by atoms with Gasteiger partial charge in [-0.15, -0.1) is 0 Å². The molecule has 0 radical (unpaired) electrons. The van der Waals surface area contributed by atoms with Crippen molar-refractivity contribution in [1.82, 2.24) is 20.4 Å². The summed E-state index contributed by atoms with van der Waals surface area (Å²) in [6, 6.07) is 8.89. The van der Waals surface area contributed by atoms with Crippen LogP contribution in [0.2, 0.25) is 0 Å². The Hall–Kier alpha value is -4.85. The van der Waals surface area contributed by atoms with Crippen molar-refractivity contribution in [3.05, 3.63) is 35.9 Å². The van der Waals surface area contributed by atoms with Crippen LogP contribution in [0.25, 0.3) is 22.2 Å². The van der Waals surface area contributed by atoms with Crippen LogP contribution in [-0.4, -0.2) is 53.8 Å². The molecule has 0 atom stereocenters. The number of ether oxygens (including phenoxy) is 3. The van der Waals surface area contributed by atoms with Crippen molar-refractivity contribution >= 4 is 45.5 Å². The largest absolute Gasteiger partial charge is 0.493 e. The first-order valence-corrected chi connectivity index (χ1v) is 13.6. The van der Waals surface area contributed by atoms with Crippen LogP contribution in [0.5, 0.6) is 17.2 Å². The second-order valence-electron chi connectivity index (χ2n) is 10.0. The molecule has 2 amide bonds. The number of nitrogen functional groups attached to an aromatic ring is 1. The third-order valence-electron chi connectivity index (χ3n) is 6.07. The molecule has 222 valence electrons. The first-order valence-electron chi connectivity index (χ1n) is 12.8. The van der Waals surface area contributed by atoms with E-state index in [-0.39, 0.29) is 29.9 Å². The molecule has 13 nitrogen and oxygen atoms in total. The normalized spacial score (nSPS) is 11.1. The number of aromatic nitrogens is 3. The Bertz CT molecular complexity index is 1590. The van der Waals surface area contributed by atoms with Gasteiger partial charge in [0, 0.05) is 48.0 Å². The predicted octanol–water partition coefficient (Wildman–Crippen LogP) is 4.76. The summed E-state index contributed by atoms with van der Waals surface area (Å²) in [6.07, 6.45) is 0.0965. The molecule has 42 heavy (non-hydrogen) atoms. The van der Waals surface area contributed by atoms with Gasteiger partial charge in [0.1, 0.15) is 10.7 Å². The maximum Gasteiger partial charge on any atom is 0.272 e. The fourth-order valence-corrected chi connectivity index (χ4v) is 5.14. The maximum absolute atomic E-state index is 12.6. The number of methoxy groups -OCH3 is 3. The summed E-state index contributed by atoms with van der Waals surface area (Å²) in [4.78, 5) is 33.5. The van der Waals surface area contributed by atoms with Crippen LogP contribution in [0.15, 0.2) is 34.9 Å². The number of hydrogen-bond donors (Lipinski definition) is 4. The van der Waals surface area contributed by atoms with E-state index in [1.165, 1.54) is 39.6 Å². The third kappa shape index (κ3) is 6.89. The molecule has 2 heterocycles. The zero-order valence-electron chi connectivity index (χ0n) is 24.4. The number of anilines is 4. The summed E-state index contributed by atoms with van der Waals surface area (Å²) >= 11 is 1.23. The number of nitrogens with zero attached hydrogens (tertiary/aromatic N) is 3. The molecule has 0 saturated carbocycles. The molecule has 0 aliphatic heterocycles. The lowest BCUT2D eigenvalue weighted by Gasteiger charge is -2.24. The van der Waals surface area contributed by atoms with Gasteiger partial charge < -0.3 is 40.4 Å². The average molecular weight is 596 g/mol. The minimum absolute atomic E-state index is 0.0965. The molecule has 4 aromatic rings. The smallest absolute Gasteiger partial charge is 0.272 e. The molecule has 2 aromatic carbocycles. The molecule has 0 spiro atoms. The van der Waals surface area contributed by atoms with Gasteiger partial charge in [0.2, 0.25) is 23.4 Å². The van der Waals surface area contributed by atoms with Crippen molar-refractivity contribution in [2.24, 2.45) is 0 Å². The molecule has 0 unspecified atom stereocenters. The highest BCUT2D eigenvalue weighted by Gasteiger charge is 2.24. The highest BCUT2D eigenvalue weighted by molar-refractivity contribution is 7.19. The number of carbonyl (C=O) groups is 2. The standard InChI is InChI=1S/C28H33N7O6S/c1-14-8-9-16(30-21(37)13-28(3,4)34-15(2)36)10-18(14)25-33-26(41-35-25)23-24(29)32-27(42-23)31-17-11-19(38-5)22(40-7)20(12-17)39-6/h8-12H,13,29H2,1-7H3,(H,30,37)(H,31,32)(H,34,36). The van der Waals surface area contributed by atoms with Crippen molar-refractivity contribution in [3.63, 3.8) is 0 Å². The van der Waals surface area contributed by atoms with Crippen molar-refractivity contribution in [2.75, 3.05) is 37.7 Å². The zero-order valence-corrected chi connectivity index (χ0v) is 25.2. The van der Waals surface area contributed by atoms with Gasteiger partial charge in [0.05, 0.1) is 21.3 Å². The highest BCUT2D eigenvalue weighted by Crippen LogP contribution is 2.42. The minimum atomic E-state index is -0.695. The topological polar surface area (TPSA) is 176 Å². The molecule has 5 N–H and O–H groups in total. The first kappa shape index (κ1) is 30.1. The van der Waals surface area contributed by atoms with Gasteiger partial charge in [-0.25, -0.2) is 4.98 Å². The van der Waals surface area contributed by atoms with E-state index in [0.29, 0.717) is 50.0 Å². The molecular weight excluding hydrogens is 562 g/mol. The summed E-state index contributed by atoms with van der Waals surface area (Å²) in [7, 11) is 4.60. The fourth-order valence-electron chi connectivity index (χ4n) is 4.31. The van der Waals surface area contributed by atoms with E-state index < -0.39 is 5.54 Å². The van der Waals surface area contributed by atoms with Crippen LogP contribution in [-0.2, 0) is 9.59 Å². The van der Waals surface area contributed by atoms with E-state index in [1.807, 2.05) is 13.0 Å². The molecule has 0 bridgehead atoms. The van der Waals surface area contributed by atoms with E-state index in [0.717, 1.165) is 5.56 Å². The van der Waals surface area contributed by atoms with Gasteiger partial charge in [-0.1, -0.05) is 22.6 Å². The molecule has 2 aromatic heterocycles. The first-order chi connectivity index (χ1) is 19.9. The van der Waals surface area contributed by atoms with Gasteiger partial charge in [-0.3, -0.25) is 9.59 Å². The van der Waals surface area contributed by atoms with Crippen LogP contribution >= 0.6 is 11.3 Å². The summed E-state index contributed by atoms with van der Waals surface area (Å²) < 4.78 is 21.8. The number of thiazole rings is 1. The van der Waals surface area contributed by atoms with Gasteiger partial charge >= 0.3 is 0 Å². The Balaban J connectivity index is 1.54. The van der Waals surface area contributed by atoms with E-state index in [1.54, 1.807) is 38.1 Å². The summed E-state index contributed by atoms with van der Waals surface area (Å²) in [6.45, 7) is 6.88. The van der Waals surface area contributed by atoms with Crippen LogP contribution < -0.4 is 35.9 Å². The Morgan fingerprint density at radius 2 is 1.71 bits per heavy atom. The monoisotopic (exact) mass is 595 g/mol. The quantitative estimate of drug-likeness (QED) is 0.188. The van der Waals surface area contributed by atoms with Crippen LogP contribution in [0.3, 0.4) is 0 Å². The Morgan fingerprint density at radius 1 is 1.02 bits per heavy atom. The van der Waals surface area contributed by atoms with Gasteiger partial charge in [-0.05, 0) is 38.5 Å². The van der Waals surface area contributed by atoms with Crippen LogP contribution in [0.1, 0.15) is 32.8 Å². The maximum atomic E-state index is 12.6. The SMILES string of the molecule is COc1cc(Nc2nc(N)c(-c3nc(-c4cc(NC(=O)CC(C)(C)NC(C)=O)ccc4C)no3)s2)cc(OC)c1OC. The van der Waals surface area contributed by atoms with Crippen molar-refractivity contribution in [1.29, 1.82) is 0 Å². The zero-order chi connectivity index (χ0) is 30.6. The highest BCUT2D eigenvalue weighted by atomic mass is 32.1. The van der Waals surface area contributed by atoms with Gasteiger partial charge in [0.15, 0.2) is 16.6 Å². The number of amides is 2. The van der Waals surface area contributed by atoms with E-state index in [9.17, 15) is 9.59 Å². The summed E-state index contributed by atoms with van der Waals surface area (Å²) in [5.41, 5.74) is 8.26. The van der Waals surface area contributed by atoms with E-state index >= 15 is 0 Å². The number of carbonyl (C=O) groups excluding carboxylic acids is 2. The summed E-state index contributed by atoms with van der Waals surface area (Å²) in [5.74, 6) is 1.71. The molecular formula is C28H33N7O6S. The second-order valence-corrected chi connectivity index (χ2v) is 11.0. The number of nitrogens with two attached hydrogens (primary N) is 1. The van der Waals surface area contributed by atoms with E-state index in [2.05, 4.69) is 31.1 Å². The molecule has 14 heteroatoms. The number of benzene rings is 2. The Morgan fingerprint density at radius 3 is 2.33 bits per heavy atom. The lowest BCUT2D eigenvalue weighted by molar-refractivity contribution is -0.121. The van der Waals surface area contributed by atoms with Gasteiger partial charge in [-0.2, -0.15) is 4.98 Å². The summed E-state index contributed by atoms with van der Waals surface area (Å²) in [5, 5.41) is 13.5. The number of rotatable bonds is 11. The van der Waals surface area contributed by atoms with Crippen LogP contribution in [0.4, 0.5) is 22.3 Å².